The number of halogens is 3. The first kappa shape index (κ1) is 22.4. The molecular weight excluding hydrogens is 453 g/mol. The number of amides is 1. The van der Waals surface area contributed by atoms with Gasteiger partial charge in [0, 0.05) is 17.6 Å². The Labute approximate surface area is 188 Å². The molecule has 0 aliphatic carbocycles. The zero-order valence-electron chi connectivity index (χ0n) is 16.1. The fourth-order valence-corrected chi connectivity index (χ4v) is 3.33. The lowest BCUT2D eigenvalue weighted by Gasteiger charge is -2.14. The first-order valence-electron chi connectivity index (χ1n) is 9.06. The summed E-state index contributed by atoms with van der Waals surface area (Å²) in [4.78, 5) is 25.2. The predicted molar refractivity (Wildman–Crippen MR) is 117 cm³/mol. The molecule has 0 saturated heterocycles. The third-order valence-corrected chi connectivity index (χ3v) is 5.29. The molecule has 1 heterocycles. The van der Waals surface area contributed by atoms with Crippen LogP contribution in [0.25, 0.3) is 11.0 Å². The summed E-state index contributed by atoms with van der Waals surface area (Å²) in [5, 5.41) is 3.99. The topological polar surface area (TPSA) is 77.8 Å². The second-order valence-electron chi connectivity index (χ2n) is 6.33. The van der Waals surface area contributed by atoms with Gasteiger partial charge in [-0.3, -0.25) is 4.79 Å². The van der Waals surface area contributed by atoms with Crippen LogP contribution in [0.1, 0.15) is 30.0 Å². The van der Waals surface area contributed by atoms with Crippen LogP contribution in [0.4, 0.5) is 5.69 Å². The highest BCUT2D eigenvalue weighted by atomic mass is 35.5. The molecule has 1 aromatic heterocycles. The van der Waals surface area contributed by atoms with E-state index in [1.165, 1.54) is 19.1 Å². The molecule has 0 saturated carbocycles. The Balaban J connectivity index is 1.77. The molecule has 30 heavy (non-hydrogen) atoms. The van der Waals surface area contributed by atoms with Crippen molar-refractivity contribution in [3.63, 3.8) is 0 Å². The zero-order chi connectivity index (χ0) is 21.8. The number of fused-ring (bicyclic) bond motifs is 1. The van der Waals surface area contributed by atoms with Crippen LogP contribution >= 0.6 is 34.8 Å². The normalized spacial score (nSPS) is 12.0. The minimum Gasteiger partial charge on any atom is -0.449 e. The molecule has 1 amide bonds. The van der Waals surface area contributed by atoms with Gasteiger partial charge in [-0.05, 0) is 32.0 Å². The van der Waals surface area contributed by atoms with Gasteiger partial charge in [0.05, 0.1) is 27.4 Å². The van der Waals surface area contributed by atoms with Crippen molar-refractivity contribution in [2.75, 3.05) is 11.9 Å². The molecule has 3 aromatic rings. The number of nitrogens with one attached hydrogen (secondary N) is 1. The van der Waals surface area contributed by atoms with E-state index in [1.807, 2.05) is 19.1 Å². The van der Waals surface area contributed by atoms with E-state index >= 15 is 0 Å². The van der Waals surface area contributed by atoms with Crippen LogP contribution in [0.2, 0.25) is 15.1 Å². The fourth-order valence-electron chi connectivity index (χ4n) is 2.73. The van der Waals surface area contributed by atoms with Gasteiger partial charge in [0.25, 0.3) is 5.91 Å². The van der Waals surface area contributed by atoms with Crippen LogP contribution in [0.15, 0.2) is 40.8 Å². The number of carbonyl (C=O) groups is 2. The molecule has 0 aliphatic rings. The Bertz CT molecular complexity index is 1100. The predicted octanol–water partition coefficient (Wildman–Crippen LogP) is 6.11. The molecule has 0 aliphatic heterocycles. The summed E-state index contributed by atoms with van der Waals surface area (Å²) in [6.45, 7) is 3.93. The van der Waals surface area contributed by atoms with E-state index in [-0.39, 0.29) is 33.1 Å². The van der Waals surface area contributed by atoms with Crippen molar-refractivity contribution < 1.29 is 23.5 Å². The lowest BCUT2D eigenvalue weighted by molar-refractivity contribution is -0.123. The van der Waals surface area contributed by atoms with Crippen molar-refractivity contribution in [2.24, 2.45) is 0 Å². The Hall–Kier alpha value is -2.25. The summed E-state index contributed by atoms with van der Waals surface area (Å²) in [6, 6.07) is 10.0. The average Bonchev–Trinajstić information content (AvgIpc) is 3.09. The van der Waals surface area contributed by atoms with Crippen LogP contribution in [0.5, 0.6) is 0 Å². The molecule has 0 bridgehead atoms. The lowest BCUT2D eigenvalue weighted by atomic mass is 10.1. The highest BCUT2D eigenvalue weighted by Gasteiger charge is 2.26. The monoisotopic (exact) mass is 469 g/mol. The molecule has 158 valence electrons. The van der Waals surface area contributed by atoms with Crippen LogP contribution in [0.3, 0.4) is 0 Å². The molecule has 1 atom stereocenters. The summed E-state index contributed by atoms with van der Waals surface area (Å²) >= 11 is 17.9. The number of carbonyl (C=O) groups excluding carboxylic acids is 2. The van der Waals surface area contributed by atoms with Gasteiger partial charge in [0.2, 0.25) is 5.76 Å². The van der Waals surface area contributed by atoms with Crippen LogP contribution in [0, 0.1) is 0 Å². The van der Waals surface area contributed by atoms with Gasteiger partial charge >= 0.3 is 5.97 Å². The highest BCUT2D eigenvalue weighted by molar-refractivity contribution is 6.44. The third kappa shape index (κ3) is 4.90. The van der Waals surface area contributed by atoms with Gasteiger partial charge in [0.15, 0.2) is 6.10 Å². The maximum Gasteiger partial charge on any atom is 0.375 e. The number of para-hydroxylation sites is 1. The number of hydrogen-bond donors (Lipinski definition) is 1. The van der Waals surface area contributed by atoms with E-state index in [9.17, 15) is 9.59 Å². The first-order chi connectivity index (χ1) is 14.3. The molecule has 3 rings (SSSR count). The summed E-state index contributed by atoms with van der Waals surface area (Å²) < 4.78 is 16.4. The van der Waals surface area contributed by atoms with Crippen molar-refractivity contribution in [1.29, 1.82) is 0 Å². The van der Waals surface area contributed by atoms with Crippen molar-refractivity contribution in [1.82, 2.24) is 0 Å². The van der Waals surface area contributed by atoms with Gasteiger partial charge in [-0.15, -0.1) is 0 Å². The summed E-state index contributed by atoms with van der Waals surface area (Å²) in [6.07, 6.45) is -1.13. The van der Waals surface area contributed by atoms with E-state index in [0.717, 1.165) is 5.39 Å². The van der Waals surface area contributed by atoms with E-state index in [4.69, 9.17) is 48.7 Å². The quantitative estimate of drug-likeness (QED) is 0.333. The fraction of sp³-hybridized carbons (Fsp3) is 0.238. The lowest BCUT2D eigenvalue weighted by Crippen LogP contribution is -2.30. The molecule has 9 heteroatoms. The van der Waals surface area contributed by atoms with Gasteiger partial charge < -0.3 is 19.2 Å². The van der Waals surface area contributed by atoms with E-state index in [1.54, 1.807) is 12.1 Å². The molecule has 2 aromatic carbocycles. The smallest absolute Gasteiger partial charge is 0.375 e. The van der Waals surface area contributed by atoms with Gasteiger partial charge in [-0.1, -0.05) is 53.0 Å². The Morgan fingerprint density at radius 1 is 1.10 bits per heavy atom. The van der Waals surface area contributed by atoms with Crippen molar-refractivity contribution >= 4 is 63.3 Å². The summed E-state index contributed by atoms with van der Waals surface area (Å²) in [5.74, 6) is -1.37. The number of furan rings is 1. The maximum absolute atomic E-state index is 12.7. The Morgan fingerprint density at radius 2 is 1.80 bits per heavy atom. The molecule has 0 radical (unpaired) electrons. The number of anilines is 1. The van der Waals surface area contributed by atoms with E-state index in [0.29, 0.717) is 17.8 Å². The minimum absolute atomic E-state index is 0.00290. The summed E-state index contributed by atoms with van der Waals surface area (Å²) in [5.41, 5.74) is 1.34. The number of benzene rings is 2. The van der Waals surface area contributed by atoms with Gasteiger partial charge in [-0.2, -0.15) is 0 Å². The van der Waals surface area contributed by atoms with Crippen molar-refractivity contribution in [2.45, 2.75) is 26.6 Å². The summed E-state index contributed by atoms with van der Waals surface area (Å²) in [7, 11) is 0. The molecular formula is C21H18Cl3NO5. The number of hydrogen-bond acceptors (Lipinski definition) is 5. The zero-order valence-corrected chi connectivity index (χ0v) is 18.4. The number of rotatable bonds is 7. The molecule has 0 fully saturated rings. The van der Waals surface area contributed by atoms with Gasteiger partial charge in [0.1, 0.15) is 5.58 Å². The Morgan fingerprint density at radius 3 is 2.53 bits per heavy atom. The average molecular weight is 471 g/mol. The second kappa shape index (κ2) is 9.71. The SMILES string of the molecule is CCOCc1c(C(=O)O[C@@H](C)C(=O)Nc2cc(Cl)c(Cl)cc2Cl)oc2ccccc12. The van der Waals surface area contributed by atoms with Crippen LogP contribution in [-0.4, -0.2) is 24.6 Å². The molecule has 0 unspecified atom stereocenters. The second-order valence-corrected chi connectivity index (χ2v) is 7.55. The maximum atomic E-state index is 12.7. The number of ether oxygens (including phenoxy) is 2. The number of esters is 1. The van der Waals surface area contributed by atoms with Crippen molar-refractivity contribution in [3.8, 4) is 0 Å². The van der Waals surface area contributed by atoms with E-state index in [2.05, 4.69) is 5.32 Å². The minimum atomic E-state index is -1.13. The molecule has 0 spiro atoms. The Kier molecular flexibility index (Phi) is 7.26. The van der Waals surface area contributed by atoms with Gasteiger partial charge in [-0.25, -0.2) is 4.79 Å². The van der Waals surface area contributed by atoms with E-state index < -0.39 is 18.0 Å². The molecule has 1 N–H and O–H groups in total. The largest absolute Gasteiger partial charge is 0.449 e. The van der Waals surface area contributed by atoms with Crippen molar-refractivity contribution in [3.05, 3.63) is 62.8 Å². The standard InChI is InChI=1S/C21H18Cl3NO5/c1-3-28-10-13-12-6-4-5-7-18(12)30-19(13)21(27)29-11(2)20(26)25-17-9-15(23)14(22)8-16(17)24/h4-9,11H,3,10H2,1-2H3,(H,25,26)/t11-/m0/s1. The third-order valence-electron chi connectivity index (χ3n) is 4.26. The first-order valence-corrected chi connectivity index (χ1v) is 10.2. The molecule has 6 nitrogen and oxygen atoms in total. The van der Waals surface area contributed by atoms with Crippen LogP contribution < -0.4 is 5.32 Å². The highest BCUT2D eigenvalue weighted by Crippen LogP contribution is 2.32. The van der Waals surface area contributed by atoms with Crippen LogP contribution in [-0.2, 0) is 20.9 Å².